The van der Waals surface area contributed by atoms with Crippen LogP contribution in [0.1, 0.15) is 35.7 Å². The number of carbonyl (C=O) groups excluding carboxylic acids is 2. The second-order valence-corrected chi connectivity index (χ2v) is 10.6. The SMILES string of the molecule is C=CC(=O)N1CCC(n2nc(-c3ccc4c(c3)CC(=O)N4C)c(-c3c(Cl)c(C)cc4[nH]ncc34)c2C)CC1. The van der Waals surface area contributed by atoms with Crippen molar-refractivity contribution in [2.45, 2.75) is 39.2 Å². The van der Waals surface area contributed by atoms with E-state index < -0.39 is 0 Å². The Labute approximate surface area is 225 Å². The molecule has 1 fully saturated rings. The predicted molar refractivity (Wildman–Crippen MR) is 149 cm³/mol. The van der Waals surface area contributed by atoms with Crippen LogP contribution >= 0.6 is 11.6 Å². The summed E-state index contributed by atoms with van der Waals surface area (Å²) in [4.78, 5) is 28.1. The molecule has 0 atom stereocenters. The third-order valence-corrected chi connectivity index (χ3v) is 8.48. The molecule has 0 bridgehead atoms. The minimum atomic E-state index is -0.0337. The van der Waals surface area contributed by atoms with Crippen LogP contribution in [-0.2, 0) is 16.0 Å². The van der Waals surface area contributed by atoms with Crippen LogP contribution in [0.15, 0.2) is 43.1 Å². The lowest BCUT2D eigenvalue weighted by atomic mass is 9.94. The van der Waals surface area contributed by atoms with Gasteiger partial charge in [0.1, 0.15) is 5.69 Å². The van der Waals surface area contributed by atoms with Crippen molar-refractivity contribution in [2.75, 3.05) is 25.0 Å². The van der Waals surface area contributed by atoms with Gasteiger partial charge in [-0.3, -0.25) is 19.4 Å². The Bertz CT molecular complexity index is 1630. The molecular formula is C29H29ClN6O2. The van der Waals surface area contributed by atoms with E-state index in [0.717, 1.165) is 68.6 Å². The van der Waals surface area contributed by atoms with Crippen LogP contribution in [0, 0.1) is 13.8 Å². The van der Waals surface area contributed by atoms with Gasteiger partial charge in [0.2, 0.25) is 11.8 Å². The number of benzene rings is 2. The van der Waals surface area contributed by atoms with Gasteiger partial charge < -0.3 is 9.80 Å². The van der Waals surface area contributed by atoms with Gasteiger partial charge in [-0.2, -0.15) is 10.2 Å². The molecule has 6 rings (SSSR count). The van der Waals surface area contributed by atoms with Crippen molar-refractivity contribution in [1.29, 1.82) is 0 Å². The number of carbonyl (C=O) groups is 2. The highest BCUT2D eigenvalue weighted by Crippen LogP contribution is 2.45. The Morgan fingerprint density at radius 3 is 2.68 bits per heavy atom. The Hall–Kier alpha value is -3.91. The van der Waals surface area contributed by atoms with E-state index in [2.05, 4.69) is 34.4 Å². The molecule has 1 saturated heterocycles. The van der Waals surface area contributed by atoms with Crippen LogP contribution in [0.2, 0.25) is 5.02 Å². The molecule has 1 N–H and O–H groups in total. The van der Waals surface area contributed by atoms with Gasteiger partial charge >= 0.3 is 0 Å². The fourth-order valence-corrected chi connectivity index (χ4v) is 6.15. The zero-order valence-electron chi connectivity index (χ0n) is 21.7. The smallest absolute Gasteiger partial charge is 0.245 e. The second-order valence-electron chi connectivity index (χ2n) is 10.2. The number of hydrogen-bond donors (Lipinski definition) is 1. The first-order valence-corrected chi connectivity index (χ1v) is 13.2. The second kappa shape index (κ2) is 9.13. The van der Waals surface area contributed by atoms with Crippen molar-refractivity contribution in [3.63, 3.8) is 0 Å². The Morgan fingerprint density at radius 2 is 1.95 bits per heavy atom. The molecule has 4 aromatic rings. The summed E-state index contributed by atoms with van der Waals surface area (Å²) in [7, 11) is 1.81. The molecule has 2 aliphatic heterocycles. The van der Waals surface area contributed by atoms with E-state index in [4.69, 9.17) is 16.7 Å². The standard InChI is InChI=1S/C29H29ClN6O2/c1-5-24(37)35-10-8-20(9-11-35)36-17(3)26(27-21-15-31-32-22(21)12-16(2)28(27)30)29(33-36)18-6-7-23-19(13-18)14-25(38)34(23)4/h5-7,12-13,15,20H,1,8-11,14H2,2-4H3,(H,31,32). The highest BCUT2D eigenvalue weighted by atomic mass is 35.5. The first-order valence-electron chi connectivity index (χ1n) is 12.8. The molecule has 2 aromatic heterocycles. The van der Waals surface area contributed by atoms with Crippen molar-refractivity contribution < 1.29 is 9.59 Å². The van der Waals surface area contributed by atoms with Crippen LogP contribution in [0.5, 0.6) is 0 Å². The third kappa shape index (κ3) is 3.74. The first-order chi connectivity index (χ1) is 18.3. The fraction of sp³-hybridized carbons (Fsp3) is 0.310. The summed E-state index contributed by atoms with van der Waals surface area (Å²) in [6.45, 7) is 9.02. The highest BCUT2D eigenvalue weighted by molar-refractivity contribution is 6.36. The lowest BCUT2D eigenvalue weighted by molar-refractivity contribution is -0.127. The number of likely N-dealkylation sites (tertiary alicyclic amines) is 1. The number of nitrogens with zero attached hydrogens (tertiary/aromatic N) is 5. The Morgan fingerprint density at radius 1 is 1.18 bits per heavy atom. The van der Waals surface area contributed by atoms with E-state index in [-0.39, 0.29) is 17.9 Å². The molecule has 0 radical (unpaired) electrons. The number of aryl methyl sites for hydroxylation is 1. The molecular weight excluding hydrogens is 500 g/mol. The maximum absolute atomic E-state index is 12.4. The maximum Gasteiger partial charge on any atom is 0.245 e. The monoisotopic (exact) mass is 528 g/mol. The lowest BCUT2D eigenvalue weighted by Crippen LogP contribution is -2.38. The van der Waals surface area contributed by atoms with E-state index in [0.29, 0.717) is 24.5 Å². The van der Waals surface area contributed by atoms with Crippen LogP contribution in [-0.4, -0.2) is 56.8 Å². The number of anilines is 1. The number of nitrogens with one attached hydrogen (secondary N) is 1. The summed E-state index contributed by atoms with van der Waals surface area (Å²) in [6, 6.07) is 8.26. The fourth-order valence-electron chi connectivity index (χ4n) is 5.90. The van der Waals surface area contributed by atoms with E-state index in [1.807, 2.05) is 43.3 Å². The molecule has 4 heterocycles. The average molecular weight is 529 g/mol. The topological polar surface area (TPSA) is 87.1 Å². The summed E-state index contributed by atoms with van der Waals surface area (Å²) < 4.78 is 2.11. The zero-order chi connectivity index (χ0) is 26.7. The van der Waals surface area contributed by atoms with Gasteiger partial charge in [-0.05, 0) is 62.1 Å². The molecule has 0 unspecified atom stereocenters. The zero-order valence-corrected chi connectivity index (χ0v) is 22.5. The quantitative estimate of drug-likeness (QED) is 0.367. The van der Waals surface area contributed by atoms with E-state index in [1.165, 1.54) is 6.08 Å². The molecule has 2 amide bonds. The number of piperidine rings is 1. The van der Waals surface area contributed by atoms with Crippen LogP contribution in [0.4, 0.5) is 5.69 Å². The molecule has 194 valence electrons. The van der Waals surface area contributed by atoms with Crippen molar-refractivity contribution in [3.05, 3.63) is 65.0 Å². The molecule has 2 aliphatic rings. The summed E-state index contributed by atoms with van der Waals surface area (Å²) in [6.07, 6.45) is 5.16. The van der Waals surface area contributed by atoms with Gasteiger partial charge in [0.15, 0.2) is 0 Å². The Kier molecular flexibility index (Phi) is 5.87. The molecule has 38 heavy (non-hydrogen) atoms. The van der Waals surface area contributed by atoms with Crippen molar-refractivity contribution >= 4 is 40.0 Å². The van der Waals surface area contributed by atoms with E-state index in [1.54, 1.807) is 4.90 Å². The highest BCUT2D eigenvalue weighted by Gasteiger charge is 2.30. The third-order valence-electron chi connectivity index (χ3n) is 7.99. The predicted octanol–water partition coefficient (Wildman–Crippen LogP) is 5.23. The number of fused-ring (bicyclic) bond motifs is 2. The summed E-state index contributed by atoms with van der Waals surface area (Å²) >= 11 is 7.01. The number of aromatic amines is 1. The van der Waals surface area contributed by atoms with Crippen molar-refractivity contribution in [1.82, 2.24) is 24.9 Å². The number of H-pyrrole nitrogens is 1. The van der Waals surface area contributed by atoms with Crippen molar-refractivity contribution in [2.24, 2.45) is 0 Å². The average Bonchev–Trinajstić information content (AvgIpc) is 3.60. The minimum absolute atomic E-state index is 0.0337. The first kappa shape index (κ1) is 24.4. The number of likely N-dealkylation sites (N-methyl/N-ethyl adjacent to an activating group) is 1. The summed E-state index contributed by atoms with van der Waals surface area (Å²) in [5, 5.41) is 14.2. The lowest BCUT2D eigenvalue weighted by Gasteiger charge is -2.32. The van der Waals surface area contributed by atoms with E-state index >= 15 is 0 Å². The maximum atomic E-state index is 12.4. The largest absolute Gasteiger partial charge is 0.339 e. The Balaban J connectivity index is 1.53. The number of hydrogen-bond acceptors (Lipinski definition) is 4. The summed E-state index contributed by atoms with van der Waals surface area (Å²) in [5.74, 6) is 0.0512. The minimum Gasteiger partial charge on any atom is -0.339 e. The van der Waals surface area contributed by atoms with Gasteiger partial charge in [-0.1, -0.05) is 24.2 Å². The summed E-state index contributed by atoms with van der Waals surface area (Å²) in [5.41, 5.74) is 8.44. The van der Waals surface area contributed by atoms with E-state index in [9.17, 15) is 9.59 Å². The van der Waals surface area contributed by atoms with Gasteiger partial charge in [0, 0.05) is 53.6 Å². The van der Waals surface area contributed by atoms with Gasteiger partial charge in [-0.25, -0.2) is 0 Å². The molecule has 0 saturated carbocycles. The van der Waals surface area contributed by atoms with Crippen molar-refractivity contribution in [3.8, 4) is 22.4 Å². The molecule has 8 nitrogen and oxygen atoms in total. The van der Waals surface area contributed by atoms with Gasteiger partial charge in [0.25, 0.3) is 0 Å². The molecule has 0 aliphatic carbocycles. The van der Waals surface area contributed by atoms with Gasteiger partial charge in [0.05, 0.1) is 29.2 Å². The number of amides is 2. The number of halogens is 1. The normalized spacial score (nSPS) is 15.9. The van der Waals surface area contributed by atoms with Crippen LogP contribution in [0.25, 0.3) is 33.3 Å². The van der Waals surface area contributed by atoms with Crippen LogP contribution < -0.4 is 4.90 Å². The number of rotatable bonds is 4. The number of aromatic nitrogens is 4. The molecule has 2 aromatic carbocycles. The van der Waals surface area contributed by atoms with Crippen LogP contribution in [0.3, 0.4) is 0 Å². The molecule has 9 heteroatoms. The molecule has 0 spiro atoms. The van der Waals surface area contributed by atoms with Gasteiger partial charge in [-0.15, -0.1) is 0 Å².